The number of nitrogens with zero attached hydrogens (tertiary/aromatic N) is 4. The van der Waals surface area contributed by atoms with Gasteiger partial charge in [-0.25, -0.2) is 9.50 Å². The van der Waals surface area contributed by atoms with Gasteiger partial charge < -0.3 is 4.90 Å². The van der Waals surface area contributed by atoms with E-state index in [2.05, 4.69) is 42.2 Å². The van der Waals surface area contributed by atoms with E-state index in [-0.39, 0.29) is 11.9 Å². The number of hydrogen-bond donors (Lipinski definition) is 0. The minimum Gasteiger partial charge on any atom is -0.336 e. The van der Waals surface area contributed by atoms with Gasteiger partial charge in [0, 0.05) is 29.7 Å². The van der Waals surface area contributed by atoms with Crippen LogP contribution < -0.4 is 0 Å². The summed E-state index contributed by atoms with van der Waals surface area (Å²) in [5.74, 6) is 0.228. The molecule has 1 fully saturated rings. The summed E-state index contributed by atoms with van der Waals surface area (Å²) in [7, 11) is 0. The van der Waals surface area contributed by atoms with Gasteiger partial charge in [-0.2, -0.15) is 5.10 Å². The molecule has 0 spiro atoms. The number of likely N-dealkylation sites (tertiary alicyclic amines) is 1. The summed E-state index contributed by atoms with van der Waals surface area (Å²) >= 11 is 0. The van der Waals surface area contributed by atoms with Crippen molar-refractivity contribution in [2.24, 2.45) is 0 Å². The third-order valence-electron chi connectivity index (χ3n) is 6.36. The molecule has 5 rings (SSSR count). The molecule has 0 bridgehead atoms. The highest BCUT2D eigenvalue weighted by Gasteiger charge is 2.29. The quantitative estimate of drug-likeness (QED) is 0.496. The van der Waals surface area contributed by atoms with Gasteiger partial charge in [0.1, 0.15) is 0 Å². The number of carbonyl (C=O) groups is 1. The van der Waals surface area contributed by atoms with E-state index in [1.165, 1.54) is 5.56 Å². The standard InChI is InChI=1S/C25H26N4O/c1-17-20(18(2)29-25(26-17)21-11-6-7-12-22(21)27-29)14-15-24(30)28-16-8-13-23(28)19-9-4-3-5-10-19/h3-7,9-12,23H,8,13-16H2,1-2H3. The van der Waals surface area contributed by atoms with Crippen LogP contribution in [0.1, 0.15) is 47.8 Å². The zero-order chi connectivity index (χ0) is 20.7. The van der Waals surface area contributed by atoms with Gasteiger partial charge in [-0.1, -0.05) is 42.5 Å². The van der Waals surface area contributed by atoms with Crippen molar-refractivity contribution in [1.29, 1.82) is 0 Å². The second-order valence-corrected chi connectivity index (χ2v) is 8.17. The molecule has 2 aromatic carbocycles. The Bertz CT molecular complexity index is 1230. The van der Waals surface area contributed by atoms with Gasteiger partial charge in [0.05, 0.1) is 11.6 Å². The van der Waals surface area contributed by atoms with Crippen molar-refractivity contribution in [1.82, 2.24) is 19.5 Å². The van der Waals surface area contributed by atoms with E-state index in [1.807, 2.05) is 35.7 Å². The molecule has 0 radical (unpaired) electrons. The largest absolute Gasteiger partial charge is 0.336 e. The number of benzene rings is 2. The summed E-state index contributed by atoms with van der Waals surface area (Å²) in [5, 5.41) is 5.80. The fourth-order valence-electron chi connectivity index (χ4n) is 4.80. The summed E-state index contributed by atoms with van der Waals surface area (Å²) in [5.41, 5.74) is 6.26. The molecule has 30 heavy (non-hydrogen) atoms. The maximum atomic E-state index is 13.1. The first-order chi connectivity index (χ1) is 14.6. The minimum absolute atomic E-state index is 0.206. The second-order valence-electron chi connectivity index (χ2n) is 8.17. The number of hydrogen-bond acceptors (Lipinski definition) is 3. The van der Waals surface area contributed by atoms with Crippen molar-refractivity contribution in [3.05, 3.63) is 77.1 Å². The molecule has 2 aromatic heterocycles. The number of aromatic nitrogens is 3. The van der Waals surface area contributed by atoms with Gasteiger partial charge in [0.2, 0.25) is 5.91 Å². The Labute approximate surface area is 176 Å². The van der Waals surface area contributed by atoms with Crippen molar-refractivity contribution in [3.63, 3.8) is 0 Å². The third-order valence-corrected chi connectivity index (χ3v) is 6.36. The van der Waals surface area contributed by atoms with Gasteiger partial charge >= 0.3 is 0 Å². The van der Waals surface area contributed by atoms with Crippen LogP contribution in [0.5, 0.6) is 0 Å². The SMILES string of the molecule is Cc1nc2c3ccccc3nn2c(C)c1CCC(=O)N1CCCC1c1ccccc1. The molecule has 1 aliphatic heterocycles. The van der Waals surface area contributed by atoms with E-state index >= 15 is 0 Å². The molecule has 4 aromatic rings. The lowest BCUT2D eigenvalue weighted by atomic mass is 10.0. The third kappa shape index (κ3) is 3.15. The Morgan fingerprint density at radius 3 is 2.67 bits per heavy atom. The first kappa shape index (κ1) is 18.8. The van der Waals surface area contributed by atoms with Crippen LogP contribution in [0.3, 0.4) is 0 Å². The highest BCUT2D eigenvalue weighted by atomic mass is 16.2. The van der Waals surface area contributed by atoms with Crippen molar-refractivity contribution >= 4 is 22.5 Å². The molecule has 1 atom stereocenters. The van der Waals surface area contributed by atoms with Crippen LogP contribution >= 0.6 is 0 Å². The zero-order valence-electron chi connectivity index (χ0n) is 17.5. The van der Waals surface area contributed by atoms with Crippen LogP contribution in [0.25, 0.3) is 16.6 Å². The van der Waals surface area contributed by atoms with Gasteiger partial charge in [0.25, 0.3) is 0 Å². The Kier molecular flexibility index (Phi) is 4.74. The average Bonchev–Trinajstić information content (AvgIpc) is 3.40. The summed E-state index contributed by atoms with van der Waals surface area (Å²) in [6.07, 6.45) is 3.30. The molecule has 3 heterocycles. The molecular formula is C25H26N4O. The first-order valence-electron chi connectivity index (χ1n) is 10.7. The molecule has 1 amide bonds. The zero-order valence-corrected chi connectivity index (χ0v) is 17.5. The van der Waals surface area contributed by atoms with E-state index in [4.69, 9.17) is 10.1 Å². The number of rotatable bonds is 4. The van der Waals surface area contributed by atoms with Crippen LogP contribution in [0, 0.1) is 13.8 Å². The predicted molar refractivity (Wildman–Crippen MR) is 118 cm³/mol. The molecule has 5 nitrogen and oxygen atoms in total. The van der Waals surface area contributed by atoms with E-state index in [0.29, 0.717) is 12.8 Å². The summed E-state index contributed by atoms with van der Waals surface area (Å²) < 4.78 is 1.93. The molecule has 0 N–H and O–H groups in total. The van der Waals surface area contributed by atoms with Gasteiger partial charge in [-0.15, -0.1) is 0 Å². The molecule has 1 unspecified atom stereocenters. The number of carbonyl (C=O) groups excluding carboxylic acids is 1. The fraction of sp³-hybridized carbons (Fsp3) is 0.320. The van der Waals surface area contributed by atoms with Crippen molar-refractivity contribution in [3.8, 4) is 0 Å². The molecule has 0 aliphatic carbocycles. The Morgan fingerprint density at radius 1 is 1.07 bits per heavy atom. The maximum Gasteiger partial charge on any atom is 0.223 e. The molecule has 5 heteroatoms. The molecular weight excluding hydrogens is 372 g/mol. The second kappa shape index (κ2) is 7.56. The monoisotopic (exact) mass is 398 g/mol. The lowest BCUT2D eigenvalue weighted by Crippen LogP contribution is -2.30. The van der Waals surface area contributed by atoms with Crippen LogP contribution in [0.15, 0.2) is 54.6 Å². The van der Waals surface area contributed by atoms with E-state index < -0.39 is 0 Å². The van der Waals surface area contributed by atoms with Crippen LogP contribution in [-0.2, 0) is 11.2 Å². The van der Waals surface area contributed by atoms with E-state index in [1.54, 1.807) is 0 Å². The summed E-state index contributed by atoms with van der Waals surface area (Å²) in [6, 6.07) is 18.7. The highest BCUT2D eigenvalue weighted by Crippen LogP contribution is 2.32. The Hall–Kier alpha value is -3.21. The minimum atomic E-state index is 0.206. The van der Waals surface area contributed by atoms with Crippen LogP contribution in [0.2, 0.25) is 0 Å². The number of fused-ring (bicyclic) bond motifs is 3. The van der Waals surface area contributed by atoms with Crippen LogP contribution in [-0.4, -0.2) is 31.9 Å². The topological polar surface area (TPSA) is 50.5 Å². The highest BCUT2D eigenvalue weighted by molar-refractivity contribution is 5.92. The molecule has 0 saturated carbocycles. The lowest BCUT2D eigenvalue weighted by Gasteiger charge is -2.25. The van der Waals surface area contributed by atoms with Gasteiger partial charge in [0.15, 0.2) is 5.65 Å². The average molecular weight is 399 g/mol. The van der Waals surface area contributed by atoms with E-state index in [0.717, 1.165) is 52.9 Å². The normalized spacial score (nSPS) is 16.6. The summed E-state index contributed by atoms with van der Waals surface area (Å²) in [6.45, 7) is 4.96. The lowest BCUT2D eigenvalue weighted by molar-refractivity contribution is -0.132. The van der Waals surface area contributed by atoms with Gasteiger partial charge in [-0.3, -0.25) is 4.79 Å². The van der Waals surface area contributed by atoms with Crippen LogP contribution in [0.4, 0.5) is 0 Å². The maximum absolute atomic E-state index is 13.1. The summed E-state index contributed by atoms with van der Waals surface area (Å²) in [4.78, 5) is 20.0. The molecule has 1 aliphatic rings. The Balaban J connectivity index is 1.39. The fourth-order valence-corrected chi connectivity index (χ4v) is 4.80. The smallest absolute Gasteiger partial charge is 0.223 e. The number of aryl methyl sites for hydroxylation is 2. The molecule has 152 valence electrons. The molecule has 1 saturated heterocycles. The van der Waals surface area contributed by atoms with Crippen molar-refractivity contribution in [2.75, 3.05) is 6.54 Å². The Morgan fingerprint density at radius 2 is 1.83 bits per heavy atom. The first-order valence-corrected chi connectivity index (χ1v) is 10.7. The van der Waals surface area contributed by atoms with Crippen molar-refractivity contribution in [2.45, 2.75) is 45.6 Å². The van der Waals surface area contributed by atoms with Crippen molar-refractivity contribution < 1.29 is 4.79 Å². The van der Waals surface area contributed by atoms with Gasteiger partial charge in [-0.05, 0) is 56.4 Å². The van der Waals surface area contributed by atoms with E-state index in [9.17, 15) is 4.79 Å². The predicted octanol–water partition coefficient (Wildman–Crippen LogP) is 4.80. The number of amides is 1.